The van der Waals surface area contributed by atoms with Gasteiger partial charge in [0.25, 0.3) is 0 Å². The number of carbonyl (C=O) groups excluding carboxylic acids is 8. The van der Waals surface area contributed by atoms with Crippen molar-refractivity contribution >= 4 is 133 Å². The zero-order valence-electron chi connectivity index (χ0n) is 67.9. The summed E-state index contributed by atoms with van der Waals surface area (Å²) in [5.41, 5.74) is 7.12. The van der Waals surface area contributed by atoms with E-state index in [0.29, 0.717) is 91.0 Å². The molecule has 0 N–H and O–H groups in total. The molecule has 0 saturated carbocycles. The van der Waals surface area contributed by atoms with Crippen LogP contribution in [0.4, 0.5) is 37.2 Å². The molecule has 2 aliphatic heterocycles. The highest BCUT2D eigenvalue weighted by molar-refractivity contribution is 6.69. The van der Waals surface area contributed by atoms with Gasteiger partial charge in [0.1, 0.15) is 133 Å². The molecule has 0 radical (unpaired) electrons. The van der Waals surface area contributed by atoms with Crippen LogP contribution in [0, 0.1) is 11.6 Å². The highest BCUT2D eigenvalue weighted by Gasteiger charge is 2.35. The zero-order valence-corrected chi connectivity index (χ0v) is 71.0. The quantitative estimate of drug-likeness (QED) is 0.00974. The first kappa shape index (κ1) is 91.4. The maximum absolute atomic E-state index is 15.6. The van der Waals surface area contributed by atoms with Crippen LogP contribution in [0.5, 0.6) is 46.0 Å². The Labute approximate surface area is 710 Å². The van der Waals surface area contributed by atoms with Gasteiger partial charge in [0, 0.05) is 106 Å². The van der Waals surface area contributed by atoms with Crippen LogP contribution < -0.4 is 67.6 Å². The maximum Gasteiger partial charge on any atom is 0.343 e. The molecule has 0 saturated heterocycles. The van der Waals surface area contributed by atoms with Gasteiger partial charge in [0.15, 0.2) is 36.2 Å². The lowest BCUT2D eigenvalue weighted by molar-refractivity contribution is -0.143. The molecule has 634 valence electrons. The molecule has 4 aliphatic rings. The molecule has 2 aliphatic carbocycles. The molecule has 120 heavy (non-hydrogen) atoms. The second kappa shape index (κ2) is 42.2. The number of para-hydroxylation sites is 4. The first-order chi connectivity index (χ1) is 57.3. The van der Waals surface area contributed by atoms with Crippen molar-refractivity contribution in [3.63, 3.8) is 0 Å². The van der Waals surface area contributed by atoms with Crippen molar-refractivity contribution in [1.82, 2.24) is 4.58 Å². The molecule has 7 aromatic carbocycles. The van der Waals surface area contributed by atoms with Crippen LogP contribution in [0.2, 0.25) is 0 Å². The van der Waals surface area contributed by atoms with E-state index in [9.17, 15) is 38.4 Å². The Kier molecular flexibility index (Phi) is 32.2. The third-order valence-electron chi connectivity index (χ3n) is 18.3. The average molecular weight is 1740 g/mol. The van der Waals surface area contributed by atoms with Crippen LogP contribution in [0.15, 0.2) is 170 Å². The number of halogens is 6. The van der Waals surface area contributed by atoms with Gasteiger partial charge in [-0.25, -0.2) is 22.9 Å². The van der Waals surface area contributed by atoms with Crippen LogP contribution in [0.3, 0.4) is 0 Å². The highest BCUT2D eigenvalue weighted by atomic mass is 35.5. The number of nitrogens with zero attached hydrogens (tertiary/aromatic N) is 6. The summed E-state index contributed by atoms with van der Waals surface area (Å²) < 4.78 is 111. The van der Waals surface area contributed by atoms with Crippen molar-refractivity contribution in [2.24, 2.45) is 0 Å². The molecular formula is C86H87Cl4F2N6O22+. The van der Waals surface area contributed by atoms with E-state index in [-0.39, 0.29) is 71.6 Å². The van der Waals surface area contributed by atoms with Crippen LogP contribution in [-0.4, -0.2) is 212 Å². The Morgan fingerprint density at radius 1 is 0.425 bits per heavy atom. The molecule has 0 aromatic heterocycles. The number of fused-ring (bicyclic) bond motifs is 4. The monoisotopic (exact) mass is 1730 g/mol. The van der Waals surface area contributed by atoms with Crippen LogP contribution in [0.25, 0.3) is 33.4 Å². The Morgan fingerprint density at radius 2 is 0.825 bits per heavy atom. The first-order valence-corrected chi connectivity index (χ1v) is 38.1. The predicted molar refractivity (Wildman–Crippen MR) is 448 cm³/mol. The topological polar surface area (TPSA) is 289 Å². The summed E-state index contributed by atoms with van der Waals surface area (Å²) in [4.78, 5) is 104. The third-order valence-corrected chi connectivity index (χ3v) is 20.0. The van der Waals surface area contributed by atoms with Crippen molar-refractivity contribution in [3.8, 4) is 68.4 Å². The van der Waals surface area contributed by atoms with Gasteiger partial charge in [0.2, 0.25) is 16.9 Å². The molecule has 0 atom stereocenters. The van der Waals surface area contributed by atoms with Gasteiger partial charge in [-0.1, -0.05) is 82.8 Å². The van der Waals surface area contributed by atoms with Crippen molar-refractivity contribution < 1.29 is 113 Å². The Bertz CT molecular complexity index is 5280. The van der Waals surface area contributed by atoms with Gasteiger partial charge in [-0.2, -0.15) is 0 Å². The minimum absolute atomic E-state index is 0.00372. The van der Waals surface area contributed by atoms with E-state index >= 15 is 8.78 Å². The molecule has 0 bridgehead atoms. The molecule has 0 amide bonds. The number of ether oxygens (including phenoxy) is 13. The summed E-state index contributed by atoms with van der Waals surface area (Å²) in [7, 11) is 22.3. The number of esters is 6. The summed E-state index contributed by atoms with van der Waals surface area (Å²) >= 11 is 21.5. The predicted octanol–water partition coefficient (Wildman–Crippen LogP) is 12.5. The average Bonchev–Trinajstić information content (AvgIpc) is 0.740. The Morgan fingerprint density at radius 3 is 1.23 bits per heavy atom. The standard InChI is InChI=1S/C40H43F2N3O10.C40H44N3O10.C6Cl4O2/c1-43(2)30-19-34-25(17-27(30)41)40(26-18-28(42)31(44(3)4)20-35(26)55-34)24-12-13-29(45(21-37(46)49-5)22-38(47)50-6)36(16-24)53-15-14-52-32-10-8-9-11-33(32)54-23-39(48)51-7;1-41(2)27-13-15-29-34(21-27)53-35-22-28(42(3)4)14-16-30(35)40(29)26-12-17-31(43(23-37(44)47-5)24-38(45)48-6)36(20-26)51-19-18-50-32-10-8-9-11-33(32)52-25-39(46)49-7;7-1-2(8)6(12)4(10)3(9)5(1)11/h8-13,16-20,40H,14-15,21-23H2,1-7H3;8-17,20-22H,18-19,23-25H2,1-7H3;/q;+1;. The lowest BCUT2D eigenvalue weighted by Crippen LogP contribution is -2.36. The second-order valence-corrected chi connectivity index (χ2v) is 28.5. The van der Waals surface area contributed by atoms with Gasteiger partial charge >= 0.3 is 35.8 Å². The second-order valence-electron chi connectivity index (χ2n) is 27.0. The maximum atomic E-state index is 15.6. The fourth-order valence-corrected chi connectivity index (χ4v) is 13.1. The number of hydrogen-bond acceptors (Lipinski definition) is 27. The van der Waals surface area contributed by atoms with Gasteiger partial charge < -0.3 is 90.5 Å². The largest absolute Gasteiger partial charge is 0.488 e. The van der Waals surface area contributed by atoms with Crippen LogP contribution in [0.1, 0.15) is 22.6 Å². The molecule has 11 rings (SSSR count). The molecule has 7 aromatic rings. The third kappa shape index (κ3) is 22.7. The van der Waals surface area contributed by atoms with Crippen molar-refractivity contribution in [1.29, 1.82) is 0 Å². The lowest BCUT2D eigenvalue weighted by Gasteiger charge is -2.32. The highest BCUT2D eigenvalue weighted by Crippen LogP contribution is 2.52. The number of carbonyl (C=O) groups is 8. The molecule has 0 spiro atoms. The molecule has 2 heterocycles. The normalized spacial score (nSPS) is 12.0. The molecule has 0 unspecified atom stereocenters. The van der Waals surface area contributed by atoms with Gasteiger partial charge in [-0.15, -0.1) is 0 Å². The number of methoxy groups -OCH3 is 6. The van der Waals surface area contributed by atoms with E-state index in [2.05, 4.69) is 9.47 Å². The number of benzene rings is 8. The van der Waals surface area contributed by atoms with Crippen LogP contribution >= 0.6 is 46.4 Å². The van der Waals surface area contributed by atoms with E-state index in [1.165, 1.54) is 64.6 Å². The van der Waals surface area contributed by atoms with E-state index in [1.54, 1.807) is 123 Å². The number of allylic oxidation sites excluding steroid dienone is 4. The number of rotatable bonds is 31. The smallest absolute Gasteiger partial charge is 0.343 e. The van der Waals surface area contributed by atoms with Gasteiger partial charge in [-0.05, 0) is 90.0 Å². The number of Topliss-reactive ketones (excluding diaryl/α,β-unsaturated/α-hetero) is 2. The van der Waals surface area contributed by atoms with Crippen molar-refractivity contribution in [2.75, 3.05) is 189 Å². The lowest BCUT2D eigenvalue weighted by atomic mass is 9.82. The SMILES string of the molecule is COC(=O)COc1ccccc1OCCOc1cc(-c2c3ccc(=[N+](C)C)cc-3oc3cc(N(C)C)ccc23)ccc1N(CC(=O)OC)CC(=O)OC.COC(=O)COc1ccccc1OCCOc1cc(C2c3cc(F)c(N(C)C)cc3Oc3cc(N(C)C)c(F)cc32)ccc1N(CC(=O)OC)CC(=O)OC.O=C1C(Cl)=C(Cl)C(=O)C(Cl)=C1Cl. The molecule has 34 heteroatoms. The fraction of sp³-hybridized carbons (Fsp3) is 0.291. The van der Waals surface area contributed by atoms with Crippen molar-refractivity contribution in [2.45, 2.75) is 5.92 Å². The van der Waals surface area contributed by atoms with E-state index in [0.717, 1.165) is 33.1 Å². The first-order valence-electron chi connectivity index (χ1n) is 36.6. The zero-order chi connectivity index (χ0) is 87.3. The van der Waals surface area contributed by atoms with E-state index in [1.807, 2.05) is 86.2 Å². The molecule has 28 nitrogen and oxygen atoms in total. The van der Waals surface area contributed by atoms with Crippen molar-refractivity contribution in [3.05, 3.63) is 199 Å². The summed E-state index contributed by atoms with van der Waals surface area (Å²) in [5.74, 6) is -3.17. The Hall–Kier alpha value is -12.5. The number of hydrogen-bond donors (Lipinski definition) is 0. The minimum atomic E-state index is -0.740. The minimum Gasteiger partial charge on any atom is -0.488 e. The summed E-state index contributed by atoms with van der Waals surface area (Å²) in [5, 5.41) is 0.291. The van der Waals surface area contributed by atoms with Crippen LogP contribution in [-0.2, 0) is 66.8 Å². The Balaban J connectivity index is 0.000000239. The van der Waals surface area contributed by atoms with E-state index in [4.69, 9.17) is 103 Å². The van der Waals surface area contributed by atoms with Gasteiger partial charge in [0.05, 0.1) is 71.5 Å². The van der Waals surface area contributed by atoms with Gasteiger partial charge in [-0.3, -0.25) is 28.8 Å². The summed E-state index contributed by atoms with van der Waals surface area (Å²) in [6, 6.07) is 42.4. The summed E-state index contributed by atoms with van der Waals surface area (Å²) in [6.45, 7) is -1.63. The number of anilines is 5. The molecular weight excluding hydrogens is 1650 g/mol. The van der Waals surface area contributed by atoms with E-state index < -0.39 is 85.1 Å². The molecule has 0 fully saturated rings. The summed E-state index contributed by atoms with van der Waals surface area (Å²) in [6.07, 6.45) is 0. The fourth-order valence-electron chi connectivity index (χ4n) is 12.2. The number of ketones is 2.